The number of rotatable bonds is 6. The second-order valence-corrected chi connectivity index (χ2v) is 6.81. The van der Waals surface area contributed by atoms with Crippen molar-refractivity contribution in [1.82, 2.24) is 14.6 Å². The minimum Gasteiger partial charge on any atom is -0.366 e. The molecule has 8 heteroatoms. The highest BCUT2D eigenvalue weighted by atomic mass is 19.1. The maximum atomic E-state index is 13.1. The van der Waals surface area contributed by atoms with Crippen LogP contribution in [0.1, 0.15) is 27.0 Å². The molecule has 0 fully saturated rings. The standard InChI is InChI=1S/C22H18FN5O2/c23-17-7-5-14(6-8-17)13-19(29)26-21-18(22-25-9-2-10-28(22)27-21)12-15-3-1-4-16(11-15)20(24)30/h1-11H,12-13H2,(H2,24,30)(H,26,27,29). The zero-order chi connectivity index (χ0) is 21.1. The Labute approximate surface area is 171 Å². The summed E-state index contributed by atoms with van der Waals surface area (Å²) >= 11 is 0. The number of nitrogens with one attached hydrogen (secondary N) is 1. The number of fused-ring (bicyclic) bond motifs is 1. The van der Waals surface area contributed by atoms with E-state index in [4.69, 9.17) is 5.73 Å². The fourth-order valence-electron chi connectivity index (χ4n) is 3.20. The van der Waals surface area contributed by atoms with Crippen LogP contribution in [0.3, 0.4) is 0 Å². The lowest BCUT2D eigenvalue weighted by Gasteiger charge is -2.07. The highest BCUT2D eigenvalue weighted by Crippen LogP contribution is 2.23. The van der Waals surface area contributed by atoms with Crippen molar-refractivity contribution in [2.24, 2.45) is 5.73 Å². The van der Waals surface area contributed by atoms with Gasteiger partial charge in [-0.3, -0.25) is 9.59 Å². The summed E-state index contributed by atoms with van der Waals surface area (Å²) in [6.07, 6.45) is 3.86. The summed E-state index contributed by atoms with van der Waals surface area (Å²) in [7, 11) is 0. The van der Waals surface area contributed by atoms with Gasteiger partial charge < -0.3 is 11.1 Å². The first-order valence-electron chi connectivity index (χ1n) is 9.25. The molecule has 0 aliphatic heterocycles. The van der Waals surface area contributed by atoms with Crippen molar-refractivity contribution in [1.29, 1.82) is 0 Å². The molecule has 150 valence electrons. The van der Waals surface area contributed by atoms with E-state index in [-0.39, 0.29) is 18.1 Å². The fraction of sp³-hybridized carbons (Fsp3) is 0.0909. The van der Waals surface area contributed by atoms with E-state index in [0.29, 0.717) is 34.6 Å². The number of carbonyl (C=O) groups excluding carboxylic acids is 2. The highest BCUT2D eigenvalue weighted by molar-refractivity contribution is 5.94. The van der Waals surface area contributed by atoms with Gasteiger partial charge in [-0.15, -0.1) is 5.10 Å². The van der Waals surface area contributed by atoms with E-state index >= 15 is 0 Å². The second kappa shape index (κ2) is 8.12. The van der Waals surface area contributed by atoms with Crippen LogP contribution >= 0.6 is 0 Å². The zero-order valence-corrected chi connectivity index (χ0v) is 15.9. The van der Waals surface area contributed by atoms with Crippen molar-refractivity contribution in [3.8, 4) is 0 Å². The summed E-state index contributed by atoms with van der Waals surface area (Å²) in [5.41, 5.74) is 8.61. The van der Waals surface area contributed by atoms with Crippen molar-refractivity contribution < 1.29 is 14.0 Å². The van der Waals surface area contributed by atoms with E-state index in [1.807, 2.05) is 6.07 Å². The maximum Gasteiger partial charge on any atom is 0.248 e. The van der Waals surface area contributed by atoms with E-state index < -0.39 is 5.91 Å². The number of amides is 2. The van der Waals surface area contributed by atoms with Gasteiger partial charge in [0.1, 0.15) is 5.82 Å². The molecule has 0 aliphatic carbocycles. The number of hydrogen-bond donors (Lipinski definition) is 2. The van der Waals surface area contributed by atoms with Gasteiger partial charge in [0.05, 0.1) is 6.42 Å². The number of carbonyl (C=O) groups is 2. The molecule has 4 rings (SSSR count). The first kappa shape index (κ1) is 19.3. The third-order valence-electron chi connectivity index (χ3n) is 4.62. The summed E-state index contributed by atoms with van der Waals surface area (Å²) in [6.45, 7) is 0. The summed E-state index contributed by atoms with van der Waals surface area (Å²) in [4.78, 5) is 28.4. The van der Waals surface area contributed by atoms with Gasteiger partial charge in [0.25, 0.3) is 0 Å². The summed E-state index contributed by atoms with van der Waals surface area (Å²) in [6, 6.07) is 14.5. The third kappa shape index (κ3) is 4.17. The molecule has 2 aromatic carbocycles. The quantitative estimate of drug-likeness (QED) is 0.517. The number of primary amides is 1. The van der Waals surface area contributed by atoms with Gasteiger partial charge in [-0.25, -0.2) is 13.9 Å². The second-order valence-electron chi connectivity index (χ2n) is 6.81. The van der Waals surface area contributed by atoms with Crippen LogP contribution in [-0.4, -0.2) is 26.4 Å². The predicted molar refractivity (Wildman–Crippen MR) is 109 cm³/mol. The number of anilines is 1. The number of benzene rings is 2. The molecule has 0 unspecified atom stereocenters. The monoisotopic (exact) mass is 403 g/mol. The molecule has 2 heterocycles. The molecule has 0 atom stereocenters. The molecule has 2 aromatic heterocycles. The van der Waals surface area contributed by atoms with Crippen LogP contribution in [0.2, 0.25) is 0 Å². The van der Waals surface area contributed by atoms with Gasteiger partial charge in [0.15, 0.2) is 11.5 Å². The third-order valence-corrected chi connectivity index (χ3v) is 4.62. The van der Waals surface area contributed by atoms with E-state index in [0.717, 1.165) is 5.56 Å². The first-order valence-corrected chi connectivity index (χ1v) is 9.25. The minimum absolute atomic E-state index is 0.0815. The summed E-state index contributed by atoms with van der Waals surface area (Å²) in [5.74, 6) is -0.767. The van der Waals surface area contributed by atoms with E-state index in [1.54, 1.807) is 53.3 Å². The van der Waals surface area contributed by atoms with Gasteiger partial charge in [0, 0.05) is 29.9 Å². The molecule has 30 heavy (non-hydrogen) atoms. The molecular formula is C22H18FN5O2. The lowest BCUT2D eigenvalue weighted by molar-refractivity contribution is -0.115. The Kier molecular flexibility index (Phi) is 5.21. The van der Waals surface area contributed by atoms with Crippen LogP contribution < -0.4 is 11.1 Å². The van der Waals surface area contributed by atoms with Crippen molar-refractivity contribution in [2.45, 2.75) is 12.8 Å². The molecule has 0 spiro atoms. The lowest BCUT2D eigenvalue weighted by Crippen LogP contribution is -2.16. The van der Waals surface area contributed by atoms with Gasteiger partial charge in [-0.05, 0) is 41.5 Å². The number of halogens is 1. The molecule has 0 aliphatic rings. The summed E-state index contributed by atoms with van der Waals surface area (Å²) in [5, 5.41) is 7.26. The fourth-order valence-corrected chi connectivity index (χ4v) is 3.20. The Morgan fingerprint density at radius 1 is 1.07 bits per heavy atom. The zero-order valence-electron chi connectivity index (χ0n) is 15.9. The molecule has 3 N–H and O–H groups in total. The van der Waals surface area contributed by atoms with Gasteiger partial charge in [-0.2, -0.15) is 0 Å². The maximum absolute atomic E-state index is 13.1. The number of hydrogen-bond acceptors (Lipinski definition) is 4. The van der Waals surface area contributed by atoms with Crippen LogP contribution in [0.15, 0.2) is 67.0 Å². The van der Waals surface area contributed by atoms with Crippen LogP contribution in [0.4, 0.5) is 10.2 Å². The molecule has 4 aromatic rings. The smallest absolute Gasteiger partial charge is 0.248 e. The number of nitrogens with two attached hydrogens (primary N) is 1. The number of nitrogens with zero attached hydrogens (tertiary/aromatic N) is 3. The molecule has 0 bridgehead atoms. The minimum atomic E-state index is -0.511. The normalized spacial score (nSPS) is 10.8. The van der Waals surface area contributed by atoms with Crippen LogP contribution in [0.25, 0.3) is 5.65 Å². The lowest BCUT2D eigenvalue weighted by atomic mass is 10.0. The van der Waals surface area contributed by atoms with Crippen molar-refractivity contribution in [3.05, 3.63) is 95.1 Å². The Hall–Kier alpha value is -4.07. The van der Waals surface area contributed by atoms with E-state index in [1.165, 1.54) is 12.1 Å². The average molecular weight is 403 g/mol. The molecule has 0 radical (unpaired) electrons. The Morgan fingerprint density at radius 3 is 2.63 bits per heavy atom. The van der Waals surface area contributed by atoms with Gasteiger partial charge >= 0.3 is 0 Å². The molecule has 0 saturated carbocycles. The Bertz CT molecular complexity index is 1230. The Morgan fingerprint density at radius 2 is 1.87 bits per heavy atom. The summed E-state index contributed by atoms with van der Waals surface area (Å²) < 4.78 is 14.7. The predicted octanol–water partition coefficient (Wildman–Crippen LogP) is 2.74. The largest absolute Gasteiger partial charge is 0.366 e. The van der Waals surface area contributed by atoms with Gasteiger partial charge in [-0.1, -0.05) is 24.3 Å². The van der Waals surface area contributed by atoms with Crippen molar-refractivity contribution in [2.75, 3.05) is 5.32 Å². The average Bonchev–Trinajstić information content (AvgIpc) is 3.07. The van der Waals surface area contributed by atoms with Crippen LogP contribution in [-0.2, 0) is 17.6 Å². The number of aromatic nitrogens is 3. The molecular weight excluding hydrogens is 385 g/mol. The molecule has 7 nitrogen and oxygen atoms in total. The first-order chi connectivity index (χ1) is 14.5. The van der Waals surface area contributed by atoms with E-state index in [2.05, 4.69) is 15.4 Å². The van der Waals surface area contributed by atoms with E-state index in [9.17, 15) is 14.0 Å². The highest BCUT2D eigenvalue weighted by Gasteiger charge is 2.17. The molecule has 2 amide bonds. The van der Waals surface area contributed by atoms with Crippen molar-refractivity contribution >= 4 is 23.3 Å². The van der Waals surface area contributed by atoms with Crippen LogP contribution in [0.5, 0.6) is 0 Å². The SMILES string of the molecule is NC(=O)c1cccc(Cc2c(NC(=O)Cc3ccc(F)cc3)nn3cccnc23)c1. The topological polar surface area (TPSA) is 102 Å². The van der Waals surface area contributed by atoms with Crippen molar-refractivity contribution in [3.63, 3.8) is 0 Å². The van der Waals surface area contributed by atoms with Crippen LogP contribution in [0, 0.1) is 5.82 Å². The Balaban J connectivity index is 1.63. The molecule has 0 saturated heterocycles. The van der Waals surface area contributed by atoms with Gasteiger partial charge in [0.2, 0.25) is 11.8 Å².